The van der Waals surface area contributed by atoms with E-state index in [0.717, 1.165) is 24.3 Å². The van der Waals surface area contributed by atoms with Gasteiger partial charge in [-0.2, -0.15) is 0 Å². The minimum absolute atomic E-state index is 0.101. The van der Waals surface area contributed by atoms with E-state index in [0.29, 0.717) is 0 Å². The van der Waals surface area contributed by atoms with Crippen LogP contribution in [0.4, 0.5) is 14.5 Å². The van der Waals surface area contributed by atoms with Crippen LogP contribution in [0.5, 0.6) is 0 Å². The minimum Gasteiger partial charge on any atom is -0.478 e. The fourth-order valence-electron chi connectivity index (χ4n) is 1.83. The van der Waals surface area contributed by atoms with Crippen molar-refractivity contribution in [2.24, 2.45) is 0 Å². The highest BCUT2D eigenvalue weighted by molar-refractivity contribution is 7.92. The molecule has 0 saturated heterocycles. The standard InChI is InChI=1S/C14H9Cl2F2NO4S/c15-11-6-9(5-10(12(11)16)14(20)21)24(22,23)19-8-3-1-2-7(4-8)13(17)18/h1-6,13,19H,(H,20,21). The number of hydrogen-bond acceptors (Lipinski definition) is 3. The predicted molar refractivity (Wildman–Crippen MR) is 85.6 cm³/mol. The van der Waals surface area contributed by atoms with Crippen molar-refractivity contribution >= 4 is 44.9 Å². The molecule has 0 heterocycles. The number of rotatable bonds is 5. The molecule has 0 atom stereocenters. The van der Waals surface area contributed by atoms with Gasteiger partial charge in [-0.3, -0.25) is 4.72 Å². The number of carbonyl (C=O) groups is 1. The zero-order valence-corrected chi connectivity index (χ0v) is 14.0. The van der Waals surface area contributed by atoms with Crippen LogP contribution < -0.4 is 4.72 Å². The van der Waals surface area contributed by atoms with Gasteiger partial charge in [0.15, 0.2) is 0 Å². The molecule has 5 nitrogen and oxygen atoms in total. The van der Waals surface area contributed by atoms with Gasteiger partial charge < -0.3 is 5.11 Å². The lowest BCUT2D eigenvalue weighted by Gasteiger charge is -2.11. The predicted octanol–water partition coefficient (Wildman–Crippen LogP) is 4.43. The van der Waals surface area contributed by atoms with Crippen LogP contribution in [0.1, 0.15) is 22.3 Å². The maximum Gasteiger partial charge on any atom is 0.337 e. The van der Waals surface area contributed by atoms with Crippen molar-refractivity contribution in [2.75, 3.05) is 4.72 Å². The third-order valence-electron chi connectivity index (χ3n) is 2.93. The summed E-state index contributed by atoms with van der Waals surface area (Å²) >= 11 is 11.5. The number of hydrogen-bond donors (Lipinski definition) is 2. The number of sulfonamides is 1. The topological polar surface area (TPSA) is 83.5 Å². The van der Waals surface area contributed by atoms with E-state index in [4.69, 9.17) is 28.3 Å². The Morgan fingerprint density at radius 2 is 1.83 bits per heavy atom. The van der Waals surface area contributed by atoms with Gasteiger partial charge in [0.1, 0.15) is 0 Å². The van der Waals surface area contributed by atoms with E-state index in [1.54, 1.807) is 0 Å². The maximum atomic E-state index is 12.7. The number of benzene rings is 2. The Morgan fingerprint density at radius 3 is 2.42 bits per heavy atom. The summed E-state index contributed by atoms with van der Waals surface area (Å²) in [7, 11) is -4.25. The van der Waals surface area contributed by atoms with Gasteiger partial charge in [-0.15, -0.1) is 0 Å². The highest BCUT2D eigenvalue weighted by Crippen LogP contribution is 2.31. The first-order chi connectivity index (χ1) is 11.1. The molecule has 128 valence electrons. The van der Waals surface area contributed by atoms with Crippen molar-refractivity contribution in [1.82, 2.24) is 0 Å². The number of carboxylic acid groups (broad SMARTS) is 1. The molecule has 10 heteroatoms. The van der Waals surface area contributed by atoms with E-state index >= 15 is 0 Å². The second-order valence-corrected chi connectivity index (χ2v) is 7.07. The van der Waals surface area contributed by atoms with Gasteiger partial charge >= 0.3 is 5.97 Å². The molecule has 0 aliphatic carbocycles. The number of carboxylic acids is 1. The van der Waals surface area contributed by atoms with Gasteiger partial charge in [0.25, 0.3) is 16.4 Å². The molecule has 0 aliphatic heterocycles. The smallest absolute Gasteiger partial charge is 0.337 e. The summed E-state index contributed by atoms with van der Waals surface area (Å²) in [5.74, 6) is -1.46. The van der Waals surface area contributed by atoms with Crippen molar-refractivity contribution < 1.29 is 27.1 Å². The summed E-state index contributed by atoms with van der Waals surface area (Å²) in [4.78, 5) is 10.6. The monoisotopic (exact) mass is 395 g/mol. The minimum atomic E-state index is -4.25. The van der Waals surface area contributed by atoms with Crippen LogP contribution in [0.25, 0.3) is 0 Å². The molecule has 0 radical (unpaired) electrons. The van der Waals surface area contributed by atoms with Crippen molar-refractivity contribution in [3.05, 3.63) is 57.6 Å². The van der Waals surface area contributed by atoms with Crippen molar-refractivity contribution in [3.8, 4) is 0 Å². The van der Waals surface area contributed by atoms with Gasteiger partial charge in [0, 0.05) is 11.3 Å². The summed E-state index contributed by atoms with van der Waals surface area (Å²) in [6, 6.07) is 6.45. The summed E-state index contributed by atoms with van der Waals surface area (Å²) in [6.07, 6.45) is -2.77. The van der Waals surface area contributed by atoms with Crippen LogP contribution in [0, 0.1) is 0 Å². The lowest BCUT2D eigenvalue weighted by molar-refractivity contribution is 0.0696. The Morgan fingerprint density at radius 1 is 1.17 bits per heavy atom. The van der Waals surface area contributed by atoms with Gasteiger partial charge in [0.05, 0.1) is 20.5 Å². The van der Waals surface area contributed by atoms with Crippen LogP contribution in [0.2, 0.25) is 10.0 Å². The summed E-state index contributed by atoms with van der Waals surface area (Å²) < 4.78 is 52.1. The number of nitrogens with one attached hydrogen (secondary N) is 1. The third-order valence-corrected chi connectivity index (χ3v) is 5.10. The molecule has 2 N–H and O–H groups in total. The van der Waals surface area contributed by atoms with E-state index < -0.39 is 32.9 Å². The molecule has 0 bridgehead atoms. The molecule has 0 amide bonds. The molecular formula is C14H9Cl2F2NO4S. The van der Waals surface area contributed by atoms with Crippen LogP contribution in [0.15, 0.2) is 41.3 Å². The summed E-state index contributed by atoms with van der Waals surface area (Å²) in [6.45, 7) is 0. The number of halogens is 4. The average molecular weight is 396 g/mol. The van der Waals surface area contributed by atoms with E-state index in [-0.39, 0.29) is 21.3 Å². The molecular weight excluding hydrogens is 387 g/mol. The number of anilines is 1. The molecule has 0 unspecified atom stereocenters. The summed E-state index contributed by atoms with van der Waals surface area (Å²) in [5, 5.41) is 8.46. The van der Waals surface area contributed by atoms with Gasteiger partial charge in [-0.25, -0.2) is 22.0 Å². The van der Waals surface area contributed by atoms with Crippen LogP contribution in [0.3, 0.4) is 0 Å². The molecule has 24 heavy (non-hydrogen) atoms. The largest absolute Gasteiger partial charge is 0.478 e. The van der Waals surface area contributed by atoms with Gasteiger partial charge in [0.2, 0.25) is 0 Å². The zero-order valence-electron chi connectivity index (χ0n) is 11.6. The lowest BCUT2D eigenvalue weighted by atomic mass is 10.2. The van der Waals surface area contributed by atoms with Crippen LogP contribution in [-0.2, 0) is 10.0 Å². The maximum absolute atomic E-state index is 12.7. The Balaban J connectivity index is 2.45. The molecule has 0 aromatic heterocycles. The second kappa shape index (κ2) is 6.92. The van der Waals surface area contributed by atoms with Gasteiger partial charge in [-0.05, 0) is 24.3 Å². The molecule has 0 aliphatic rings. The fourth-order valence-corrected chi connectivity index (χ4v) is 3.40. The Hall–Kier alpha value is -1.90. The van der Waals surface area contributed by atoms with Crippen molar-refractivity contribution in [2.45, 2.75) is 11.3 Å². The Bertz CT molecular complexity index is 904. The first kappa shape index (κ1) is 18.4. The molecule has 2 aromatic rings. The quantitative estimate of drug-likeness (QED) is 0.783. The normalized spacial score (nSPS) is 11.5. The van der Waals surface area contributed by atoms with Crippen LogP contribution in [-0.4, -0.2) is 19.5 Å². The Labute approximate surface area is 145 Å². The number of aromatic carboxylic acids is 1. The lowest BCUT2D eigenvalue weighted by Crippen LogP contribution is -2.14. The molecule has 0 spiro atoms. The summed E-state index contributed by atoms with van der Waals surface area (Å²) in [5.41, 5.74) is -0.961. The molecule has 2 aromatic carbocycles. The first-order valence-electron chi connectivity index (χ1n) is 6.25. The molecule has 2 rings (SSSR count). The first-order valence-corrected chi connectivity index (χ1v) is 8.49. The Kier molecular flexibility index (Phi) is 5.32. The highest BCUT2D eigenvalue weighted by atomic mass is 35.5. The van der Waals surface area contributed by atoms with Crippen LogP contribution >= 0.6 is 23.2 Å². The SMILES string of the molecule is O=C(O)c1cc(S(=O)(=O)Nc2cccc(C(F)F)c2)cc(Cl)c1Cl. The van der Waals surface area contributed by atoms with E-state index in [1.807, 2.05) is 0 Å². The van der Waals surface area contributed by atoms with Crippen molar-refractivity contribution in [1.29, 1.82) is 0 Å². The van der Waals surface area contributed by atoms with Gasteiger partial charge in [-0.1, -0.05) is 35.3 Å². The highest BCUT2D eigenvalue weighted by Gasteiger charge is 2.21. The average Bonchev–Trinajstić information content (AvgIpc) is 2.49. The molecule has 0 saturated carbocycles. The zero-order chi connectivity index (χ0) is 18.1. The van der Waals surface area contributed by atoms with E-state index in [2.05, 4.69) is 4.72 Å². The third kappa shape index (κ3) is 3.95. The second-order valence-electron chi connectivity index (χ2n) is 4.60. The van der Waals surface area contributed by atoms with E-state index in [1.165, 1.54) is 12.1 Å². The van der Waals surface area contributed by atoms with Crippen molar-refractivity contribution in [3.63, 3.8) is 0 Å². The molecule has 0 fully saturated rings. The van der Waals surface area contributed by atoms with E-state index in [9.17, 15) is 22.0 Å². The fraction of sp³-hybridized carbons (Fsp3) is 0.0714. The number of alkyl halides is 2.